The summed E-state index contributed by atoms with van der Waals surface area (Å²) in [5, 5.41) is 7.40. The molecule has 0 atom stereocenters. The summed E-state index contributed by atoms with van der Waals surface area (Å²) < 4.78 is 2.76. The second-order valence-corrected chi connectivity index (χ2v) is 8.70. The van der Waals surface area contributed by atoms with Gasteiger partial charge < -0.3 is 0 Å². The zero-order valence-electron chi connectivity index (χ0n) is 18.5. The van der Waals surface area contributed by atoms with Crippen molar-refractivity contribution < 1.29 is 0 Å². The van der Waals surface area contributed by atoms with Crippen LogP contribution >= 0.6 is 12.2 Å². The Morgan fingerprint density at radius 2 is 1.21 bits per heavy atom. The van der Waals surface area contributed by atoms with E-state index in [1.807, 2.05) is 18.2 Å². The van der Waals surface area contributed by atoms with E-state index in [0.29, 0.717) is 4.77 Å². The molecular formula is C25H41N3S. The lowest BCUT2D eigenvalue weighted by atomic mass is 10.0. The molecule has 2 rings (SSSR count). The molecule has 4 heteroatoms. The topological polar surface area (TPSA) is 33.6 Å². The summed E-state index contributed by atoms with van der Waals surface area (Å²) >= 11 is 5.41. The molecule has 0 bridgehead atoms. The van der Waals surface area contributed by atoms with E-state index >= 15 is 0 Å². The molecule has 0 aliphatic carbocycles. The summed E-state index contributed by atoms with van der Waals surface area (Å²) in [4.78, 5) is 0. The van der Waals surface area contributed by atoms with E-state index in [4.69, 9.17) is 12.2 Å². The molecule has 162 valence electrons. The largest absolute Gasteiger partial charge is 0.272 e. The first-order valence-corrected chi connectivity index (χ1v) is 12.5. The molecule has 0 saturated carbocycles. The summed E-state index contributed by atoms with van der Waals surface area (Å²) in [6, 6.07) is 10.3. The summed E-state index contributed by atoms with van der Waals surface area (Å²) in [7, 11) is 0. The van der Waals surface area contributed by atoms with E-state index in [1.54, 1.807) is 0 Å². The van der Waals surface area contributed by atoms with Crippen LogP contribution in [0.15, 0.2) is 30.3 Å². The van der Waals surface area contributed by atoms with Crippen molar-refractivity contribution in [2.45, 2.75) is 110 Å². The van der Waals surface area contributed by atoms with Crippen LogP contribution in [0.5, 0.6) is 0 Å². The fourth-order valence-electron chi connectivity index (χ4n) is 4.00. The quantitative estimate of drug-likeness (QED) is 0.208. The minimum atomic E-state index is 0.687. The fourth-order valence-corrected chi connectivity index (χ4v) is 4.25. The zero-order valence-corrected chi connectivity index (χ0v) is 19.3. The average molecular weight is 416 g/mol. The van der Waals surface area contributed by atoms with Gasteiger partial charge in [0.1, 0.15) is 5.82 Å². The van der Waals surface area contributed by atoms with Crippen molar-refractivity contribution in [2.75, 3.05) is 0 Å². The van der Waals surface area contributed by atoms with E-state index in [-0.39, 0.29) is 0 Å². The van der Waals surface area contributed by atoms with Gasteiger partial charge in [0, 0.05) is 12.1 Å². The average Bonchev–Trinajstić information content (AvgIpc) is 3.11. The molecule has 2 aromatic rings. The highest BCUT2D eigenvalue weighted by molar-refractivity contribution is 7.71. The normalized spacial score (nSPS) is 11.2. The lowest BCUT2D eigenvalue weighted by Crippen LogP contribution is -2.01. The highest BCUT2D eigenvalue weighted by Gasteiger charge is 2.07. The van der Waals surface area contributed by atoms with Gasteiger partial charge in [-0.15, -0.1) is 0 Å². The second kappa shape index (κ2) is 15.4. The molecule has 0 radical (unpaired) electrons. The Balaban J connectivity index is 1.46. The van der Waals surface area contributed by atoms with Crippen LogP contribution in [0.1, 0.15) is 109 Å². The maximum absolute atomic E-state index is 5.41. The van der Waals surface area contributed by atoms with E-state index in [9.17, 15) is 0 Å². The number of nitrogens with one attached hydrogen (secondary N) is 1. The molecule has 0 fully saturated rings. The predicted molar refractivity (Wildman–Crippen MR) is 127 cm³/mol. The van der Waals surface area contributed by atoms with Gasteiger partial charge in [-0.1, -0.05) is 115 Å². The van der Waals surface area contributed by atoms with Crippen molar-refractivity contribution in [3.8, 4) is 5.69 Å². The van der Waals surface area contributed by atoms with Gasteiger partial charge in [-0.05, 0) is 30.8 Å². The molecule has 0 aliphatic rings. The molecule has 0 spiro atoms. The van der Waals surface area contributed by atoms with Gasteiger partial charge in [-0.3, -0.25) is 9.67 Å². The molecule has 1 aromatic carbocycles. The van der Waals surface area contributed by atoms with E-state index < -0.39 is 0 Å². The standard InChI is InChI=1S/C25H41N3S/c1-2-3-4-5-6-7-8-9-10-11-12-13-14-15-19-22-24-26-27-25(29)28(24)23-20-17-16-18-21-23/h16-18,20-21H,2-15,19,22H2,1H3,(H,27,29). The van der Waals surface area contributed by atoms with Crippen LogP contribution in [0.25, 0.3) is 5.69 Å². The first-order valence-electron chi connectivity index (χ1n) is 12.0. The van der Waals surface area contributed by atoms with Crippen LogP contribution in [-0.2, 0) is 6.42 Å². The van der Waals surface area contributed by atoms with E-state index in [0.717, 1.165) is 17.9 Å². The van der Waals surface area contributed by atoms with Crippen molar-refractivity contribution in [1.82, 2.24) is 14.8 Å². The summed E-state index contributed by atoms with van der Waals surface area (Å²) in [6.07, 6.45) is 21.9. The predicted octanol–water partition coefficient (Wildman–Crippen LogP) is 8.34. The van der Waals surface area contributed by atoms with Crippen LogP contribution < -0.4 is 0 Å². The molecular weight excluding hydrogens is 374 g/mol. The van der Waals surface area contributed by atoms with Gasteiger partial charge >= 0.3 is 0 Å². The van der Waals surface area contributed by atoms with Gasteiger partial charge in [0.25, 0.3) is 0 Å². The number of unbranched alkanes of at least 4 members (excludes halogenated alkanes) is 14. The van der Waals surface area contributed by atoms with Gasteiger partial charge in [0.2, 0.25) is 0 Å². The molecule has 3 nitrogen and oxygen atoms in total. The van der Waals surface area contributed by atoms with Crippen molar-refractivity contribution in [3.63, 3.8) is 0 Å². The number of nitrogens with zero attached hydrogens (tertiary/aromatic N) is 2. The minimum absolute atomic E-state index is 0.687. The van der Waals surface area contributed by atoms with Crippen molar-refractivity contribution in [2.24, 2.45) is 0 Å². The van der Waals surface area contributed by atoms with Crippen molar-refractivity contribution >= 4 is 12.2 Å². The number of aryl methyl sites for hydroxylation is 1. The highest BCUT2D eigenvalue weighted by Crippen LogP contribution is 2.15. The lowest BCUT2D eigenvalue weighted by Gasteiger charge is -2.06. The van der Waals surface area contributed by atoms with Crippen molar-refractivity contribution in [3.05, 3.63) is 40.9 Å². The Kier molecular flexibility index (Phi) is 12.7. The Bertz CT molecular complexity index is 690. The molecule has 0 aliphatic heterocycles. The number of para-hydroxylation sites is 1. The Morgan fingerprint density at radius 1 is 0.724 bits per heavy atom. The van der Waals surface area contributed by atoms with Crippen LogP contribution in [0.3, 0.4) is 0 Å². The molecule has 0 amide bonds. The van der Waals surface area contributed by atoms with Crippen LogP contribution in [-0.4, -0.2) is 14.8 Å². The third-order valence-corrected chi connectivity index (χ3v) is 6.03. The Morgan fingerprint density at radius 3 is 1.72 bits per heavy atom. The molecule has 1 aromatic heterocycles. The number of benzene rings is 1. The number of H-pyrrole nitrogens is 1. The lowest BCUT2D eigenvalue weighted by molar-refractivity contribution is 0.531. The minimum Gasteiger partial charge on any atom is -0.272 e. The Labute approximate surface area is 183 Å². The maximum Gasteiger partial charge on any atom is 0.199 e. The first kappa shape index (κ1) is 23.9. The Hall–Kier alpha value is -1.42. The fraction of sp³-hybridized carbons (Fsp3) is 0.680. The van der Waals surface area contributed by atoms with Crippen molar-refractivity contribution in [1.29, 1.82) is 0 Å². The summed E-state index contributed by atoms with van der Waals surface area (Å²) in [5.41, 5.74) is 1.10. The summed E-state index contributed by atoms with van der Waals surface area (Å²) in [6.45, 7) is 2.29. The molecule has 0 saturated heterocycles. The van der Waals surface area contributed by atoms with Gasteiger partial charge in [0.15, 0.2) is 4.77 Å². The highest BCUT2D eigenvalue weighted by atomic mass is 32.1. The zero-order chi connectivity index (χ0) is 20.6. The van der Waals surface area contributed by atoms with E-state index in [1.165, 1.54) is 96.3 Å². The number of hydrogen-bond donors (Lipinski definition) is 1. The molecule has 29 heavy (non-hydrogen) atoms. The number of aromatic nitrogens is 3. The summed E-state index contributed by atoms with van der Waals surface area (Å²) in [5.74, 6) is 1.05. The van der Waals surface area contributed by atoms with Gasteiger partial charge in [-0.25, -0.2) is 0 Å². The van der Waals surface area contributed by atoms with Gasteiger partial charge in [-0.2, -0.15) is 5.10 Å². The first-order chi connectivity index (χ1) is 14.3. The maximum atomic E-state index is 5.41. The van der Waals surface area contributed by atoms with Gasteiger partial charge in [0.05, 0.1) is 0 Å². The molecule has 0 unspecified atom stereocenters. The van der Waals surface area contributed by atoms with Crippen LogP contribution in [0, 0.1) is 4.77 Å². The second-order valence-electron chi connectivity index (χ2n) is 8.32. The number of aromatic amines is 1. The smallest absolute Gasteiger partial charge is 0.199 e. The third-order valence-electron chi connectivity index (χ3n) is 5.76. The molecule has 1 heterocycles. The third kappa shape index (κ3) is 9.75. The molecule has 1 N–H and O–H groups in total. The van der Waals surface area contributed by atoms with Crippen LogP contribution in [0.2, 0.25) is 0 Å². The number of hydrogen-bond acceptors (Lipinski definition) is 2. The number of rotatable bonds is 17. The SMILES string of the molecule is CCCCCCCCCCCCCCCCCc1n[nH]c(=S)n1-c1ccccc1. The van der Waals surface area contributed by atoms with E-state index in [2.05, 4.69) is 33.8 Å². The van der Waals surface area contributed by atoms with Crippen LogP contribution in [0.4, 0.5) is 0 Å². The monoisotopic (exact) mass is 415 g/mol.